The van der Waals surface area contributed by atoms with E-state index in [0.29, 0.717) is 29.0 Å². The number of aromatic nitrogens is 4. The number of methoxy groups -OCH3 is 1. The van der Waals surface area contributed by atoms with E-state index in [-0.39, 0.29) is 5.78 Å². The lowest BCUT2D eigenvalue weighted by atomic mass is 10.1. The van der Waals surface area contributed by atoms with Crippen molar-refractivity contribution in [1.82, 2.24) is 25.1 Å². The van der Waals surface area contributed by atoms with Crippen LogP contribution in [0.3, 0.4) is 0 Å². The van der Waals surface area contributed by atoms with E-state index >= 15 is 0 Å². The molecule has 3 aromatic rings. The van der Waals surface area contributed by atoms with Gasteiger partial charge >= 0.3 is 0 Å². The molecule has 10 heteroatoms. The molecule has 1 aliphatic rings. The molecule has 33 heavy (non-hydrogen) atoms. The van der Waals surface area contributed by atoms with Gasteiger partial charge in [-0.25, -0.2) is 9.97 Å². The fraction of sp³-hybridized carbons (Fsp3) is 0.391. The number of carbonyl (C=O) groups excluding carboxylic acids is 1. The van der Waals surface area contributed by atoms with E-state index < -0.39 is 0 Å². The van der Waals surface area contributed by atoms with Gasteiger partial charge in [-0.1, -0.05) is 12.1 Å². The summed E-state index contributed by atoms with van der Waals surface area (Å²) in [6.07, 6.45) is 0.439. The number of carbonyl (C=O) groups is 1. The van der Waals surface area contributed by atoms with Gasteiger partial charge in [0, 0.05) is 49.3 Å². The summed E-state index contributed by atoms with van der Waals surface area (Å²) in [6.45, 7) is 7.16. The zero-order valence-electron chi connectivity index (χ0n) is 19.4. The Morgan fingerprint density at radius 2 is 1.91 bits per heavy atom. The number of ketones is 1. The minimum Gasteiger partial charge on any atom is -0.490 e. The number of H-pyrrole nitrogens is 1. The van der Waals surface area contributed by atoms with Crippen molar-refractivity contribution in [1.29, 1.82) is 0 Å². The van der Waals surface area contributed by atoms with Crippen LogP contribution >= 0.6 is 11.8 Å². The minimum absolute atomic E-state index is 0.148. The monoisotopic (exact) mass is 467 g/mol. The van der Waals surface area contributed by atoms with Gasteiger partial charge in [0.2, 0.25) is 5.75 Å². The molecule has 2 N–H and O–H groups in total. The van der Waals surface area contributed by atoms with E-state index in [1.165, 1.54) is 11.8 Å². The number of rotatable bonds is 8. The van der Waals surface area contributed by atoms with Gasteiger partial charge in [-0.05, 0) is 50.4 Å². The molecule has 0 aliphatic carbocycles. The van der Waals surface area contributed by atoms with Gasteiger partial charge in [0.05, 0.1) is 7.11 Å². The predicted molar refractivity (Wildman–Crippen MR) is 130 cm³/mol. The Morgan fingerprint density at radius 1 is 1.18 bits per heavy atom. The molecule has 1 aliphatic heterocycles. The number of aryl methyl sites for hydroxylation is 1. The molecule has 1 saturated heterocycles. The molecule has 0 radical (unpaired) electrons. The zero-order valence-corrected chi connectivity index (χ0v) is 20.2. The first kappa shape index (κ1) is 23.1. The average Bonchev–Trinajstić information content (AvgIpc) is 3.19. The molecule has 0 unspecified atom stereocenters. The number of anilines is 3. The van der Waals surface area contributed by atoms with E-state index in [1.807, 2.05) is 37.3 Å². The lowest BCUT2D eigenvalue weighted by molar-refractivity contribution is -0.116. The molecule has 4 rings (SSSR count). The topological polar surface area (TPSA) is 99.3 Å². The molecule has 1 fully saturated rings. The highest BCUT2D eigenvalue weighted by atomic mass is 32.2. The lowest BCUT2D eigenvalue weighted by Crippen LogP contribution is -2.45. The van der Waals surface area contributed by atoms with E-state index in [2.05, 4.69) is 32.4 Å². The van der Waals surface area contributed by atoms with E-state index in [9.17, 15) is 4.79 Å². The zero-order chi connectivity index (χ0) is 23.4. The summed E-state index contributed by atoms with van der Waals surface area (Å²) < 4.78 is 5.77. The molecule has 0 spiro atoms. The Labute approximate surface area is 197 Å². The maximum absolute atomic E-state index is 11.4. The number of piperazine rings is 1. The Hall–Kier alpha value is -3.11. The van der Waals surface area contributed by atoms with Crippen LogP contribution in [-0.2, 0) is 11.2 Å². The van der Waals surface area contributed by atoms with Crippen molar-refractivity contribution in [2.45, 2.75) is 30.3 Å². The van der Waals surface area contributed by atoms with E-state index in [0.717, 1.165) is 48.1 Å². The highest BCUT2D eigenvalue weighted by molar-refractivity contribution is 7.99. The largest absolute Gasteiger partial charge is 0.490 e. The van der Waals surface area contributed by atoms with Gasteiger partial charge in [-0.15, -0.1) is 0 Å². The Bertz CT molecular complexity index is 1110. The van der Waals surface area contributed by atoms with Gasteiger partial charge in [-0.3, -0.25) is 9.89 Å². The van der Waals surface area contributed by atoms with Crippen molar-refractivity contribution in [3.8, 4) is 5.75 Å². The van der Waals surface area contributed by atoms with Crippen LogP contribution in [0.15, 0.2) is 40.4 Å². The lowest BCUT2D eigenvalue weighted by Gasteiger charge is -2.34. The van der Waals surface area contributed by atoms with Crippen LogP contribution in [-0.4, -0.2) is 71.2 Å². The molecule has 0 atom stereocenters. The summed E-state index contributed by atoms with van der Waals surface area (Å²) in [5, 5.41) is 11.1. The van der Waals surface area contributed by atoms with Crippen LogP contribution in [0.25, 0.3) is 0 Å². The van der Waals surface area contributed by atoms with Crippen molar-refractivity contribution in [2.24, 2.45) is 0 Å². The van der Waals surface area contributed by atoms with Crippen molar-refractivity contribution in [3.05, 3.63) is 41.6 Å². The third-order valence-electron chi connectivity index (χ3n) is 5.37. The van der Waals surface area contributed by atoms with Gasteiger partial charge in [-0.2, -0.15) is 5.10 Å². The highest BCUT2D eigenvalue weighted by Crippen LogP contribution is 2.38. The Morgan fingerprint density at radius 3 is 2.52 bits per heavy atom. The number of nitrogens with zero attached hydrogens (tertiary/aromatic N) is 5. The number of benzene rings is 1. The van der Waals surface area contributed by atoms with Gasteiger partial charge in [0.1, 0.15) is 5.78 Å². The second-order valence-corrected chi connectivity index (χ2v) is 9.23. The Balaban J connectivity index is 1.67. The van der Waals surface area contributed by atoms with Crippen LogP contribution in [0, 0.1) is 6.92 Å². The molecule has 0 amide bonds. The maximum Gasteiger partial charge on any atom is 0.204 e. The summed E-state index contributed by atoms with van der Waals surface area (Å²) in [7, 11) is 3.76. The van der Waals surface area contributed by atoms with Gasteiger partial charge in [0.15, 0.2) is 22.6 Å². The fourth-order valence-electron chi connectivity index (χ4n) is 3.64. The molecule has 174 valence electrons. The maximum atomic E-state index is 11.4. The summed E-state index contributed by atoms with van der Waals surface area (Å²) in [4.78, 5) is 26.6. The smallest absolute Gasteiger partial charge is 0.204 e. The van der Waals surface area contributed by atoms with Crippen molar-refractivity contribution < 1.29 is 9.53 Å². The van der Waals surface area contributed by atoms with E-state index in [1.54, 1.807) is 14.0 Å². The number of ether oxygens (including phenoxy) is 1. The molecular weight excluding hydrogens is 438 g/mol. The molecule has 9 nitrogen and oxygen atoms in total. The minimum atomic E-state index is 0.148. The fourth-order valence-corrected chi connectivity index (χ4v) is 4.39. The summed E-state index contributed by atoms with van der Waals surface area (Å²) >= 11 is 1.48. The quantitative estimate of drug-likeness (QED) is 0.483. The van der Waals surface area contributed by atoms with Crippen LogP contribution in [0.1, 0.15) is 18.2 Å². The summed E-state index contributed by atoms with van der Waals surface area (Å²) in [5.74, 6) is 2.75. The normalized spacial score (nSPS) is 14.4. The number of hydrogen-bond donors (Lipinski definition) is 2. The second kappa shape index (κ2) is 10.2. The molecular formula is C23H29N7O2S. The summed E-state index contributed by atoms with van der Waals surface area (Å²) in [6, 6.07) is 9.85. The average molecular weight is 468 g/mol. The molecule has 2 aromatic heterocycles. The van der Waals surface area contributed by atoms with Crippen LogP contribution in [0.2, 0.25) is 0 Å². The molecule has 0 bridgehead atoms. The van der Waals surface area contributed by atoms with Crippen molar-refractivity contribution in [2.75, 3.05) is 50.6 Å². The van der Waals surface area contributed by atoms with Gasteiger partial charge in [0.25, 0.3) is 0 Å². The SMILES string of the molecule is COc1c(Nc2cc(C)[nH]n2)nc(Sc2ccc(CC(C)=O)cc2)nc1N1CCN(C)CC1. The van der Waals surface area contributed by atoms with Crippen LogP contribution in [0.5, 0.6) is 5.75 Å². The number of Topliss-reactive ketones (excluding diaryl/α,β-unsaturated/α-hetero) is 1. The molecule has 1 aromatic carbocycles. The molecule has 0 saturated carbocycles. The van der Waals surface area contributed by atoms with Crippen molar-refractivity contribution >= 4 is 35.0 Å². The highest BCUT2D eigenvalue weighted by Gasteiger charge is 2.24. The summed E-state index contributed by atoms with van der Waals surface area (Å²) in [5.41, 5.74) is 1.95. The Kier molecular flexibility index (Phi) is 7.14. The standard InChI is InChI=1S/C23H29N7O2S/c1-15-13-19(28-27-15)24-21-20(32-4)22(30-11-9-29(3)10-12-30)26-23(25-21)33-18-7-5-17(6-8-18)14-16(2)31/h5-8,13H,9-12,14H2,1-4H3,(H2,24,25,26,27,28). The van der Waals surface area contributed by atoms with E-state index in [4.69, 9.17) is 14.7 Å². The van der Waals surface area contributed by atoms with Crippen LogP contribution in [0.4, 0.5) is 17.5 Å². The first-order valence-electron chi connectivity index (χ1n) is 10.9. The number of aromatic amines is 1. The number of likely N-dealkylation sites (N-methyl/N-ethyl adjacent to an activating group) is 1. The van der Waals surface area contributed by atoms with Crippen LogP contribution < -0.4 is 15.0 Å². The number of hydrogen-bond acceptors (Lipinski definition) is 9. The first-order valence-corrected chi connectivity index (χ1v) is 11.7. The second-order valence-electron chi connectivity index (χ2n) is 8.19. The predicted octanol–water partition coefficient (Wildman–Crippen LogP) is 3.29. The van der Waals surface area contributed by atoms with Crippen molar-refractivity contribution in [3.63, 3.8) is 0 Å². The number of nitrogens with one attached hydrogen (secondary N) is 2. The molecule has 3 heterocycles. The third-order valence-corrected chi connectivity index (χ3v) is 6.25. The van der Waals surface area contributed by atoms with Gasteiger partial charge < -0.3 is 19.9 Å². The third kappa shape index (κ3) is 5.82. The first-order chi connectivity index (χ1) is 15.9.